The molecule has 1 rings (SSSR count). The van der Waals surface area contributed by atoms with E-state index in [-0.39, 0.29) is 15.0 Å². The fourth-order valence-corrected chi connectivity index (χ4v) is 2.97. The molecule has 0 aliphatic rings. The van der Waals surface area contributed by atoms with Crippen molar-refractivity contribution in [3.05, 3.63) is 48.6 Å². The van der Waals surface area contributed by atoms with Gasteiger partial charge >= 0.3 is 97.6 Å². The van der Waals surface area contributed by atoms with E-state index in [0.717, 1.165) is 30.1 Å². The molecule has 1 nitrogen and oxygen atoms in total. The van der Waals surface area contributed by atoms with Gasteiger partial charge in [0, 0.05) is 0 Å². The number of hydrogen-bond acceptors (Lipinski definition) is 1. The SMILES string of the molecule is C=CCCCC[Se]C(=O)c1ccccc1. The molecule has 0 aliphatic heterocycles. The molecule has 0 radical (unpaired) electrons. The molecule has 0 atom stereocenters. The van der Waals surface area contributed by atoms with Gasteiger partial charge < -0.3 is 0 Å². The van der Waals surface area contributed by atoms with E-state index in [9.17, 15) is 4.79 Å². The van der Waals surface area contributed by atoms with E-state index in [0.29, 0.717) is 4.68 Å². The Morgan fingerprint density at radius 2 is 2.00 bits per heavy atom. The first-order valence-electron chi connectivity index (χ1n) is 5.17. The molecule has 1 aromatic rings. The predicted molar refractivity (Wildman–Crippen MR) is 65.4 cm³/mol. The van der Waals surface area contributed by atoms with Crippen molar-refractivity contribution < 1.29 is 4.79 Å². The number of carbonyl (C=O) groups is 1. The fourth-order valence-electron chi connectivity index (χ4n) is 1.21. The topological polar surface area (TPSA) is 17.1 Å². The second-order valence-electron chi connectivity index (χ2n) is 3.29. The van der Waals surface area contributed by atoms with Crippen LogP contribution in [0.5, 0.6) is 0 Å². The first kappa shape index (κ1) is 12.2. The molecule has 0 heterocycles. The van der Waals surface area contributed by atoms with Crippen molar-refractivity contribution in [1.29, 1.82) is 0 Å². The molecule has 0 aliphatic carbocycles. The summed E-state index contributed by atoms with van der Waals surface area (Å²) in [5, 5.41) is 1.05. The predicted octanol–water partition coefficient (Wildman–Crippen LogP) is 3.31. The molecule has 0 amide bonds. The van der Waals surface area contributed by atoms with Gasteiger partial charge in [0.15, 0.2) is 0 Å². The van der Waals surface area contributed by atoms with Crippen molar-refractivity contribution in [3.63, 3.8) is 0 Å². The molecular weight excluding hydrogens is 251 g/mol. The molecule has 1 aromatic carbocycles. The Bertz CT molecular complexity index is 306. The quantitative estimate of drug-likeness (QED) is 0.421. The third kappa shape index (κ3) is 4.96. The molecule has 2 heteroatoms. The zero-order valence-corrected chi connectivity index (χ0v) is 10.5. The van der Waals surface area contributed by atoms with Crippen LogP contribution in [0.25, 0.3) is 0 Å². The number of carbonyl (C=O) groups excluding carboxylic acids is 1. The maximum atomic E-state index is 11.7. The van der Waals surface area contributed by atoms with Crippen LogP contribution in [-0.4, -0.2) is 19.6 Å². The zero-order chi connectivity index (χ0) is 10.9. The van der Waals surface area contributed by atoms with E-state index in [1.54, 1.807) is 0 Å². The summed E-state index contributed by atoms with van der Waals surface area (Å²) in [4.78, 5) is 11.7. The van der Waals surface area contributed by atoms with Crippen molar-refractivity contribution in [3.8, 4) is 0 Å². The molecule has 0 aromatic heterocycles. The van der Waals surface area contributed by atoms with Crippen LogP contribution in [-0.2, 0) is 0 Å². The second-order valence-corrected chi connectivity index (χ2v) is 5.53. The normalized spacial score (nSPS) is 9.87. The van der Waals surface area contributed by atoms with Crippen molar-refractivity contribution in [2.75, 3.05) is 0 Å². The van der Waals surface area contributed by atoms with Crippen LogP contribution in [0.3, 0.4) is 0 Å². The summed E-state index contributed by atoms with van der Waals surface area (Å²) >= 11 is 0.114. The van der Waals surface area contributed by atoms with E-state index >= 15 is 0 Å². The van der Waals surface area contributed by atoms with Crippen molar-refractivity contribution in [1.82, 2.24) is 0 Å². The molecule has 0 bridgehead atoms. The summed E-state index contributed by atoms with van der Waals surface area (Å²) in [7, 11) is 0. The monoisotopic (exact) mass is 268 g/mol. The Hall–Kier alpha value is -0.851. The molecule has 15 heavy (non-hydrogen) atoms. The van der Waals surface area contributed by atoms with Crippen molar-refractivity contribution in [2.24, 2.45) is 0 Å². The van der Waals surface area contributed by atoms with Gasteiger partial charge in [-0.3, -0.25) is 0 Å². The maximum absolute atomic E-state index is 11.7. The molecular formula is C13H16OSe. The Morgan fingerprint density at radius 1 is 1.27 bits per heavy atom. The molecule has 0 spiro atoms. The van der Waals surface area contributed by atoms with Gasteiger partial charge in [-0.1, -0.05) is 0 Å². The second kappa shape index (κ2) is 7.44. The van der Waals surface area contributed by atoms with Gasteiger partial charge in [0.25, 0.3) is 0 Å². The summed E-state index contributed by atoms with van der Waals surface area (Å²) < 4.78 is 0.321. The Morgan fingerprint density at radius 3 is 2.67 bits per heavy atom. The van der Waals surface area contributed by atoms with Crippen LogP contribution in [0.15, 0.2) is 43.0 Å². The zero-order valence-electron chi connectivity index (χ0n) is 8.82. The van der Waals surface area contributed by atoms with Crippen LogP contribution < -0.4 is 0 Å². The van der Waals surface area contributed by atoms with Crippen LogP contribution in [0, 0.1) is 0 Å². The Kier molecular flexibility index (Phi) is 6.06. The fraction of sp³-hybridized carbons (Fsp3) is 0.308. The minimum atomic E-state index is 0.114. The summed E-state index contributed by atoms with van der Waals surface area (Å²) in [6.45, 7) is 3.68. The summed E-state index contributed by atoms with van der Waals surface area (Å²) in [6.07, 6.45) is 5.31. The van der Waals surface area contributed by atoms with Gasteiger partial charge in [0.1, 0.15) is 0 Å². The van der Waals surface area contributed by atoms with Gasteiger partial charge in [-0.2, -0.15) is 0 Å². The first-order chi connectivity index (χ1) is 7.34. The Balaban J connectivity index is 2.22. The molecule has 0 saturated carbocycles. The van der Waals surface area contributed by atoms with E-state index in [4.69, 9.17) is 0 Å². The number of allylic oxidation sites excluding steroid dienone is 1. The summed E-state index contributed by atoms with van der Waals surface area (Å²) in [5.41, 5.74) is 0.862. The van der Waals surface area contributed by atoms with Crippen LogP contribution in [0.1, 0.15) is 29.6 Å². The van der Waals surface area contributed by atoms with E-state index < -0.39 is 0 Å². The number of hydrogen-bond donors (Lipinski definition) is 0. The van der Waals surface area contributed by atoms with Crippen LogP contribution in [0.2, 0.25) is 5.32 Å². The average Bonchev–Trinajstić information content (AvgIpc) is 2.30. The van der Waals surface area contributed by atoms with E-state index in [1.165, 1.54) is 0 Å². The van der Waals surface area contributed by atoms with Gasteiger partial charge in [0.05, 0.1) is 0 Å². The van der Waals surface area contributed by atoms with Crippen LogP contribution in [0.4, 0.5) is 0 Å². The molecule has 0 N–H and O–H groups in total. The third-order valence-corrected chi connectivity index (χ3v) is 4.12. The number of unbranched alkanes of at least 4 members (excludes halogenated alkanes) is 2. The first-order valence-corrected chi connectivity index (χ1v) is 7.24. The summed E-state index contributed by atoms with van der Waals surface area (Å²) in [6, 6.07) is 9.57. The van der Waals surface area contributed by atoms with Crippen LogP contribution >= 0.6 is 0 Å². The molecule has 0 fully saturated rings. The average molecular weight is 267 g/mol. The minimum absolute atomic E-state index is 0.114. The summed E-state index contributed by atoms with van der Waals surface area (Å²) in [5.74, 6) is 0. The standard InChI is InChI=1S/C13H16OSe/c1-2-3-4-8-11-15-13(14)12-9-6-5-7-10-12/h2,5-7,9-10H,1,3-4,8,11H2. The molecule has 0 unspecified atom stereocenters. The molecule has 0 saturated heterocycles. The Labute approximate surface area is 97.7 Å². The van der Waals surface area contributed by atoms with Gasteiger partial charge in [-0.05, 0) is 0 Å². The van der Waals surface area contributed by atoms with Gasteiger partial charge in [0.2, 0.25) is 0 Å². The third-order valence-electron chi connectivity index (χ3n) is 2.05. The number of benzene rings is 1. The van der Waals surface area contributed by atoms with Gasteiger partial charge in [-0.15, -0.1) is 0 Å². The van der Waals surface area contributed by atoms with Gasteiger partial charge in [-0.25, -0.2) is 0 Å². The van der Waals surface area contributed by atoms with Crippen molar-refractivity contribution in [2.45, 2.75) is 24.6 Å². The van der Waals surface area contributed by atoms with Crippen molar-refractivity contribution >= 4 is 19.6 Å². The van der Waals surface area contributed by atoms with E-state index in [1.807, 2.05) is 36.4 Å². The van der Waals surface area contributed by atoms with E-state index in [2.05, 4.69) is 6.58 Å². The molecule has 80 valence electrons. The number of rotatable bonds is 7.